The van der Waals surface area contributed by atoms with Gasteiger partial charge in [-0.15, -0.1) is 0 Å². The highest BCUT2D eigenvalue weighted by Gasteiger charge is 2.34. The number of hydrogen-bond donors (Lipinski definition) is 4. The van der Waals surface area contributed by atoms with Gasteiger partial charge in [0, 0.05) is 29.7 Å². The van der Waals surface area contributed by atoms with Gasteiger partial charge in [0.05, 0.1) is 24.0 Å². The molecule has 0 fully saturated rings. The van der Waals surface area contributed by atoms with Crippen molar-refractivity contribution in [3.05, 3.63) is 78.1 Å². The van der Waals surface area contributed by atoms with Crippen molar-refractivity contribution in [3.8, 4) is 22.6 Å². The zero-order chi connectivity index (χ0) is 23.9. The quantitative estimate of drug-likeness (QED) is 0.278. The van der Waals surface area contributed by atoms with Crippen LogP contribution in [0.5, 0.6) is 0 Å². The molecule has 1 atom stereocenters. The van der Waals surface area contributed by atoms with Gasteiger partial charge in [0.1, 0.15) is 17.8 Å². The number of rotatable bonds is 6. The molecule has 0 saturated carbocycles. The van der Waals surface area contributed by atoms with Gasteiger partial charge in [-0.1, -0.05) is 12.1 Å². The lowest BCUT2D eigenvalue weighted by Gasteiger charge is -2.11. The number of imidazole rings is 1. The number of anilines is 1. The lowest BCUT2D eigenvalue weighted by Crippen LogP contribution is -2.28. The molecule has 0 amide bonds. The molecule has 0 saturated heterocycles. The molecule has 6 rings (SSSR count). The van der Waals surface area contributed by atoms with Gasteiger partial charge in [-0.2, -0.15) is 5.10 Å². The summed E-state index contributed by atoms with van der Waals surface area (Å²) in [6, 6.07) is 15.5. The van der Waals surface area contributed by atoms with E-state index >= 15 is 0 Å². The van der Waals surface area contributed by atoms with Gasteiger partial charge in [-0.25, -0.2) is 14.5 Å². The molecule has 0 spiro atoms. The number of aromatic amines is 1. The summed E-state index contributed by atoms with van der Waals surface area (Å²) in [5, 5.41) is 17.7. The van der Waals surface area contributed by atoms with Crippen LogP contribution in [0.25, 0.3) is 28.3 Å². The molecule has 5 N–H and O–H groups in total. The zero-order valence-electron chi connectivity index (χ0n) is 19.0. The van der Waals surface area contributed by atoms with E-state index in [1.54, 1.807) is 4.52 Å². The summed E-state index contributed by atoms with van der Waals surface area (Å²) in [4.78, 5) is 17.3. The first kappa shape index (κ1) is 21.5. The number of nitrogens with one attached hydrogen (secondary N) is 2. The Morgan fingerprint density at radius 1 is 1.20 bits per heavy atom. The fraction of sp³-hybridized carbons (Fsp3) is 0.167. The Labute approximate surface area is 201 Å². The summed E-state index contributed by atoms with van der Waals surface area (Å²) < 4.78 is 7.25. The van der Waals surface area contributed by atoms with Crippen molar-refractivity contribution < 1.29 is 9.68 Å². The molecule has 5 aromatic rings. The fourth-order valence-electron chi connectivity index (χ4n) is 4.40. The largest absolute Gasteiger partial charge is 0.492 e. The first-order chi connectivity index (χ1) is 17.1. The monoisotopic (exact) mass is 466 g/mol. The number of aryl methyl sites for hydroxylation is 1. The molecule has 1 unspecified atom stereocenters. The second-order valence-electron chi connectivity index (χ2n) is 8.46. The first-order valence-corrected chi connectivity index (χ1v) is 11.3. The summed E-state index contributed by atoms with van der Waals surface area (Å²) in [6.07, 6.45) is 3.13. The van der Waals surface area contributed by atoms with E-state index in [4.69, 9.17) is 20.4 Å². The Kier molecular flexibility index (Phi) is 5.29. The summed E-state index contributed by atoms with van der Waals surface area (Å²) in [6.45, 7) is 2.72. The molecule has 1 aromatic carbocycles. The molecular weight excluding hydrogens is 443 g/mol. The lowest BCUT2D eigenvalue weighted by atomic mass is 9.79. The van der Waals surface area contributed by atoms with E-state index in [-0.39, 0.29) is 6.10 Å². The number of H-pyrrole nitrogens is 1. The van der Waals surface area contributed by atoms with Gasteiger partial charge in [0.2, 0.25) is 0 Å². The van der Waals surface area contributed by atoms with Gasteiger partial charge >= 0.3 is 7.12 Å². The Morgan fingerprint density at radius 3 is 2.97 bits per heavy atom. The fourth-order valence-corrected chi connectivity index (χ4v) is 4.40. The number of pyridine rings is 2. The van der Waals surface area contributed by atoms with E-state index in [0.717, 1.165) is 56.5 Å². The minimum atomic E-state index is -0.938. The van der Waals surface area contributed by atoms with Crippen LogP contribution in [0.2, 0.25) is 0 Å². The number of benzene rings is 1. The summed E-state index contributed by atoms with van der Waals surface area (Å²) in [5.41, 5.74) is 13.4. The second kappa shape index (κ2) is 8.62. The molecule has 35 heavy (non-hydrogen) atoms. The van der Waals surface area contributed by atoms with E-state index < -0.39 is 7.12 Å². The van der Waals surface area contributed by atoms with Crippen molar-refractivity contribution in [2.45, 2.75) is 19.6 Å². The van der Waals surface area contributed by atoms with Crippen molar-refractivity contribution in [2.75, 3.05) is 11.9 Å². The predicted molar refractivity (Wildman–Crippen MR) is 133 cm³/mol. The maximum atomic E-state index is 10.1. The predicted octanol–water partition coefficient (Wildman–Crippen LogP) is 1.82. The number of fused-ring (bicyclic) bond motifs is 2. The van der Waals surface area contributed by atoms with Crippen LogP contribution in [-0.2, 0) is 11.2 Å². The smallest absolute Gasteiger partial charge is 0.423 e. The highest BCUT2D eigenvalue weighted by Crippen LogP contribution is 2.30. The number of nitrogens with two attached hydrogens (primary N) is 1. The Balaban J connectivity index is 1.34. The Morgan fingerprint density at radius 2 is 2.11 bits per heavy atom. The molecule has 174 valence electrons. The SMILES string of the molecule is Cc1cccc(-c2nc(CNc3ccc4c(c3)C(CN)OB4O)[nH]c2-c2ccc3ncnn3c2)n1. The maximum Gasteiger partial charge on any atom is 0.492 e. The minimum Gasteiger partial charge on any atom is -0.423 e. The van der Waals surface area contributed by atoms with E-state index in [0.29, 0.717) is 13.1 Å². The highest BCUT2D eigenvalue weighted by molar-refractivity contribution is 6.61. The Hall–Kier alpha value is -4.06. The van der Waals surface area contributed by atoms with Crippen molar-refractivity contribution in [2.24, 2.45) is 5.73 Å². The molecule has 10 nitrogen and oxygen atoms in total. The number of nitrogens with zero attached hydrogens (tertiary/aromatic N) is 5. The van der Waals surface area contributed by atoms with Crippen molar-refractivity contribution in [1.82, 2.24) is 29.5 Å². The standard InChI is InChI=1S/C24H23BN8O2/c1-14-3-2-4-19(30-14)24-23(15-5-8-22-28-13-29-33(22)12-15)31-21(32-24)11-27-16-6-7-18-17(9-16)20(10-26)35-25(18)34/h2-9,12-13,20,27,34H,10-11,26H2,1H3,(H,31,32). The maximum absolute atomic E-state index is 10.1. The van der Waals surface area contributed by atoms with Crippen LogP contribution in [-0.4, -0.2) is 48.2 Å². The molecule has 4 aromatic heterocycles. The lowest BCUT2D eigenvalue weighted by molar-refractivity contribution is 0.198. The summed E-state index contributed by atoms with van der Waals surface area (Å²) in [7, 11) is -0.938. The van der Waals surface area contributed by atoms with Crippen molar-refractivity contribution in [1.29, 1.82) is 0 Å². The molecule has 1 aliphatic heterocycles. The van der Waals surface area contributed by atoms with Gasteiger partial charge in [0.15, 0.2) is 5.65 Å². The van der Waals surface area contributed by atoms with Crippen molar-refractivity contribution in [3.63, 3.8) is 0 Å². The van der Waals surface area contributed by atoms with Gasteiger partial charge < -0.3 is 25.7 Å². The van der Waals surface area contributed by atoms with Crippen LogP contribution in [0.3, 0.4) is 0 Å². The third kappa shape index (κ3) is 3.95. The average molecular weight is 466 g/mol. The van der Waals surface area contributed by atoms with Crippen LogP contribution in [0, 0.1) is 6.92 Å². The summed E-state index contributed by atoms with van der Waals surface area (Å²) >= 11 is 0. The van der Waals surface area contributed by atoms with E-state index in [9.17, 15) is 5.02 Å². The molecule has 1 aliphatic rings. The summed E-state index contributed by atoms with van der Waals surface area (Å²) in [5.74, 6) is 0.754. The first-order valence-electron chi connectivity index (χ1n) is 11.3. The highest BCUT2D eigenvalue weighted by atomic mass is 16.5. The number of aromatic nitrogens is 6. The Bertz CT molecular complexity index is 1530. The van der Waals surface area contributed by atoms with Crippen LogP contribution >= 0.6 is 0 Å². The zero-order valence-corrected chi connectivity index (χ0v) is 19.0. The molecule has 0 radical (unpaired) electrons. The van der Waals surface area contributed by atoms with E-state index in [1.807, 2.05) is 61.7 Å². The molecular formula is C24H23BN8O2. The number of hydrogen-bond acceptors (Lipinski definition) is 8. The van der Waals surface area contributed by atoms with Gasteiger partial charge in [-0.05, 0) is 54.3 Å². The van der Waals surface area contributed by atoms with Crippen LogP contribution in [0.4, 0.5) is 5.69 Å². The molecule has 0 bridgehead atoms. The van der Waals surface area contributed by atoms with Crippen LogP contribution in [0.15, 0.2) is 61.1 Å². The van der Waals surface area contributed by atoms with Crippen molar-refractivity contribution >= 4 is 23.9 Å². The van der Waals surface area contributed by atoms with Gasteiger partial charge in [0.25, 0.3) is 0 Å². The normalized spacial score (nSPS) is 15.1. The molecule has 0 aliphatic carbocycles. The molecule has 5 heterocycles. The second-order valence-corrected chi connectivity index (χ2v) is 8.46. The average Bonchev–Trinajstić information content (AvgIpc) is 3.59. The third-order valence-corrected chi connectivity index (χ3v) is 6.11. The van der Waals surface area contributed by atoms with Crippen LogP contribution in [0.1, 0.15) is 23.2 Å². The van der Waals surface area contributed by atoms with Crippen LogP contribution < -0.4 is 16.5 Å². The molecule has 11 heteroatoms. The topological polar surface area (TPSA) is 139 Å². The minimum absolute atomic E-state index is 0.304. The van der Waals surface area contributed by atoms with Gasteiger partial charge in [-0.3, -0.25) is 4.98 Å². The van der Waals surface area contributed by atoms with E-state index in [2.05, 4.69) is 20.4 Å². The van der Waals surface area contributed by atoms with E-state index in [1.165, 1.54) is 6.33 Å². The third-order valence-electron chi connectivity index (χ3n) is 6.11.